The summed E-state index contributed by atoms with van der Waals surface area (Å²) < 4.78 is 0. The molecule has 2 saturated heterocycles. The number of likely N-dealkylation sites (tertiary alicyclic amines) is 1. The van der Waals surface area contributed by atoms with E-state index in [9.17, 15) is 14.7 Å². The molecule has 2 fully saturated rings. The van der Waals surface area contributed by atoms with E-state index in [-0.39, 0.29) is 11.8 Å². The van der Waals surface area contributed by atoms with E-state index in [1.807, 2.05) is 0 Å². The van der Waals surface area contributed by atoms with E-state index in [2.05, 4.69) is 28.7 Å². The fraction of sp³-hybridized carbons (Fsp3) is 0.579. The topological polar surface area (TPSA) is 86.6 Å². The van der Waals surface area contributed by atoms with Crippen molar-refractivity contribution in [3.63, 3.8) is 0 Å². The second-order valence-electron chi connectivity index (χ2n) is 7.45. The zero-order chi connectivity index (χ0) is 19.1. The maximum Gasteiger partial charge on any atom is 0.326 e. The molecular weight excluding hydrogens is 364 g/mol. The van der Waals surface area contributed by atoms with Gasteiger partial charge < -0.3 is 14.9 Å². The molecule has 1 atom stereocenters. The van der Waals surface area contributed by atoms with Gasteiger partial charge in [0.15, 0.2) is 0 Å². The van der Waals surface area contributed by atoms with Crippen molar-refractivity contribution in [3.05, 3.63) is 16.8 Å². The number of carbonyl (C=O) groups excluding carboxylic acids is 1. The highest BCUT2D eigenvalue weighted by Crippen LogP contribution is 2.36. The molecule has 0 bridgehead atoms. The summed E-state index contributed by atoms with van der Waals surface area (Å²) in [6.45, 7) is 6.28. The zero-order valence-corrected chi connectivity index (χ0v) is 16.5. The lowest BCUT2D eigenvalue weighted by Crippen LogP contribution is -2.46. The fourth-order valence-electron chi connectivity index (χ4n) is 4.26. The molecule has 7 nitrogen and oxygen atoms in total. The number of thiophene rings is 1. The van der Waals surface area contributed by atoms with Gasteiger partial charge in [0.2, 0.25) is 5.91 Å². The van der Waals surface area contributed by atoms with Gasteiger partial charge in [-0.2, -0.15) is 0 Å². The first-order chi connectivity index (χ1) is 13.0. The number of amides is 1. The Morgan fingerprint density at radius 1 is 1.15 bits per heavy atom. The van der Waals surface area contributed by atoms with Crippen LogP contribution in [0.2, 0.25) is 0 Å². The van der Waals surface area contributed by atoms with E-state index < -0.39 is 12.0 Å². The molecule has 4 heterocycles. The molecule has 27 heavy (non-hydrogen) atoms. The van der Waals surface area contributed by atoms with E-state index in [0.29, 0.717) is 13.0 Å². The number of aryl methyl sites for hydroxylation is 2. The molecule has 144 valence electrons. The third kappa shape index (κ3) is 3.16. The van der Waals surface area contributed by atoms with Gasteiger partial charge in [-0.25, -0.2) is 14.8 Å². The third-order valence-electron chi connectivity index (χ3n) is 5.91. The first-order valence-corrected chi connectivity index (χ1v) is 10.3. The minimum absolute atomic E-state index is 0.00921. The summed E-state index contributed by atoms with van der Waals surface area (Å²) >= 11 is 1.69. The van der Waals surface area contributed by atoms with Crippen LogP contribution >= 0.6 is 11.3 Å². The number of hydrogen-bond acceptors (Lipinski definition) is 6. The quantitative estimate of drug-likeness (QED) is 0.870. The van der Waals surface area contributed by atoms with Crippen molar-refractivity contribution in [1.82, 2.24) is 14.9 Å². The van der Waals surface area contributed by atoms with Gasteiger partial charge in [0.1, 0.15) is 23.0 Å². The normalized spacial score (nSPS) is 21.2. The van der Waals surface area contributed by atoms with E-state index in [1.54, 1.807) is 22.6 Å². The highest BCUT2D eigenvalue weighted by molar-refractivity contribution is 7.18. The van der Waals surface area contributed by atoms with Crippen molar-refractivity contribution in [1.29, 1.82) is 0 Å². The number of anilines is 1. The van der Waals surface area contributed by atoms with Crippen LogP contribution in [0.1, 0.15) is 36.1 Å². The van der Waals surface area contributed by atoms with Gasteiger partial charge in [-0.15, -0.1) is 11.3 Å². The van der Waals surface area contributed by atoms with E-state index >= 15 is 0 Å². The van der Waals surface area contributed by atoms with Gasteiger partial charge in [-0.1, -0.05) is 0 Å². The van der Waals surface area contributed by atoms with Crippen LogP contribution in [0.25, 0.3) is 10.2 Å². The summed E-state index contributed by atoms with van der Waals surface area (Å²) in [5.74, 6) is -0.0129. The number of aromatic nitrogens is 2. The van der Waals surface area contributed by atoms with Crippen LogP contribution in [0.3, 0.4) is 0 Å². The minimum atomic E-state index is -0.884. The number of fused-ring (bicyclic) bond motifs is 1. The highest BCUT2D eigenvalue weighted by Gasteiger charge is 2.38. The first kappa shape index (κ1) is 18.2. The monoisotopic (exact) mass is 388 g/mol. The molecule has 4 rings (SSSR count). The first-order valence-electron chi connectivity index (χ1n) is 9.46. The largest absolute Gasteiger partial charge is 0.480 e. The molecule has 2 aliphatic rings. The van der Waals surface area contributed by atoms with E-state index in [1.165, 1.54) is 10.4 Å². The molecule has 0 aliphatic carbocycles. The van der Waals surface area contributed by atoms with Crippen molar-refractivity contribution in [2.45, 2.75) is 45.6 Å². The van der Waals surface area contributed by atoms with Gasteiger partial charge in [0.25, 0.3) is 0 Å². The van der Waals surface area contributed by atoms with E-state index in [4.69, 9.17) is 0 Å². The van der Waals surface area contributed by atoms with Gasteiger partial charge in [0, 0.05) is 30.4 Å². The molecule has 2 aliphatic heterocycles. The van der Waals surface area contributed by atoms with Crippen LogP contribution in [0, 0.1) is 19.8 Å². The number of nitrogens with zero attached hydrogens (tertiary/aromatic N) is 4. The summed E-state index contributed by atoms with van der Waals surface area (Å²) in [6.07, 6.45) is 4.42. The fourth-order valence-corrected chi connectivity index (χ4v) is 5.26. The Morgan fingerprint density at radius 3 is 2.59 bits per heavy atom. The van der Waals surface area contributed by atoms with Crippen LogP contribution in [-0.4, -0.2) is 57.5 Å². The predicted octanol–water partition coefficient (Wildman–Crippen LogP) is 2.60. The van der Waals surface area contributed by atoms with Gasteiger partial charge in [0.05, 0.1) is 5.39 Å². The van der Waals surface area contributed by atoms with Crippen LogP contribution in [0.4, 0.5) is 5.82 Å². The number of carboxylic acid groups (broad SMARTS) is 1. The molecule has 0 unspecified atom stereocenters. The van der Waals surface area contributed by atoms with Gasteiger partial charge >= 0.3 is 5.97 Å². The third-order valence-corrected chi connectivity index (χ3v) is 7.03. The number of rotatable bonds is 3. The highest BCUT2D eigenvalue weighted by atomic mass is 32.1. The van der Waals surface area contributed by atoms with Gasteiger partial charge in [-0.3, -0.25) is 4.79 Å². The summed E-state index contributed by atoms with van der Waals surface area (Å²) in [7, 11) is 0. The molecule has 0 spiro atoms. The number of carboxylic acids is 1. The summed E-state index contributed by atoms with van der Waals surface area (Å²) in [4.78, 5) is 39.3. The lowest BCUT2D eigenvalue weighted by Gasteiger charge is -2.35. The zero-order valence-electron chi connectivity index (χ0n) is 15.6. The van der Waals surface area contributed by atoms with Crippen molar-refractivity contribution >= 4 is 39.2 Å². The van der Waals surface area contributed by atoms with Crippen LogP contribution in [-0.2, 0) is 9.59 Å². The molecule has 1 N–H and O–H groups in total. The molecule has 0 radical (unpaired) electrons. The average molecular weight is 388 g/mol. The summed E-state index contributed by atoms with van der Waals surface area (Å²) in [5, 5.41) is 10.5. The Hall–Kier alpha value is -2.22. The SMILES string of the molecule is Cc1sc2ncnc(N3CCC(C(=O)N4CCC[C@@H]4C(=O)O)CC3)c2c1C. The summed E-state index contributed by atoms with van der Waals surface area (Å²) in [5.41, 5.74) is 1.23. The standard InChI is InChI=1S/C19H24N4O3S/c1-11-12(2)27-17-15(11)16(20-10-21-17)22-8-5-13(6-9-22)18(24)23-7-3-4-14(23)19(25)26/h10,13-14H,3-9H2,1-2H3,(H,25,26)/t14-/m1/s1. The number of piperidine rings is 1. The predicted molar refractivity (Wildman–Crippen MR) is 104 cm³/mol. The van der Waals surface area contributed by atoms with Crippen molar-refractivity contribution in [2.75, 3.05) is 24.5 Å². The second-order valence-corrected chi connectivity index (χ2v) is 8.65. The molecule has 8 heteroatoms. The Kier molecular flexibility index (Phi) is 4.75. The average Bonchev–Trinajstić information content (AvgIpc) is 3.27. The maximum atomic E-state index is 12.8. The maximum absolute atomic E-state index is 12.8. The summed E-state index contributed by atoms with van der Waals surface area (Å²) in [6, 6.07) is -0.645. The Morgan fingerprint density at radius 2 is 1.89 bits per heavy atom. The number of aliphatic carboxylic acids is 1. The molecular formula is C19H24N4O3S. The van der Waals surface area contributed by atoms with E-state index in [0.717, 1.165) is 48.4 Å². The van der Waals surface area contributed by atoms with Crippen LogP contribution in [0.5, 0.6) is 0 Å². The molecule has 2 aromatic heterocycles. The Balaban J connectivity index is 1.48. The van der Waals surface area contributed by atoms with Gasteiger partial charge in [-0.05, 0) is 45.1 Å². The van der Waals surface area contributed by atoms with Crippen molar-refractivity contribution < 1.29 is 14.7 Å². The molecule has 0 aromatic carbocycles. The lowest BCUT2D eigenvalue weighted by molar-refractivity contribution is -0.150. The van der Waals surface area contributed by atoms with Crippen LogP contribution in [0.15, 0.2) is 6.33 Å². The smallest absolute Gasteiger partial charge is 0.326 e. The van der Waals surface area contributed by atoms with Crippen molar-refractivity contribution in [2.24, 2.45) is 5.92 Å². The Bertz CT molecular complexity index is 888. The number of carbonyl (C=O) groups is 2. The van der Waals surface area contributed by atoms with Crippen LogP contribution < -0.4 is 4.90 Å². The second kappa shape index (κ2) is 7.07. The molecule has 2 aromatic rings. The Labute approximate surface area is 162 Å². The number of hydrogen-bond donors (Lipinski definition) is 1. The van der Waals surface area contributed by atoms with Crippen molar-refractivity contribution in [3.8, 4) is 0 Å². The lowest BCUT2D eigenvalue weighted by atomic mass is 9.94. The molecule has 0 saturated carbocycles. The molecule has 1 amide bonds. The minimum Gasteiger partial charge on any atom is -0.480 e.